The van der Waals surface area contributed by atoms with Crippen molar-refractivity contribution in [1.29, 1.82) is 0 Å². The minimum atomic E-state index is -0.112. The molecule has 7 rings (SSSR count). The maximum absolute atomic E-state index is 12.9. The third-order valence-corrected chi connectivity index (χ3v) is 7.88. The van der Waals surface area contributed by atoms with Crippen molar-refractivity contribution >= 4 is 11.7 Å². The number of nitrogens with one attached hydrogen (secondary N) is 1. The molecule has 0 spiro atoms. The summed E-state index contributed by atoms with van der Waals surface area (Å²) in [5, 5.41) is 14.8. The van der Waals surface area contributed by atoms with Crippen LogP contribution in [0.4, 0.5) is 0 Å². The molecule has 2 aliphatic carbocycles. The van der Waals surface area contributed by atoms with Crippen LogP contribution in [0.25, 0.3) is 0 Å². The number of rotatable bonds is 6. The SMILES string of the molecule is NC(=NO)c1ccc(CNC(=O)c2ccc3c(c2)[C@@H]2O[C@H]3c3cc(C4CC4)c(C4CC4)cc32)cc1. The molecule has 0 radical (unpaired) electrons. The summed E-state index contributed by atoms with van der Waals surface area (Å²) in [5.74, 6) is 1.42. The number of oxime groups is 1. The van der Waals surface area contributed by atoms with E-state index in [-0.39, 0.29) is 24.0 Å². The van der Waals surface area contributed by atoms with Gasteiger partial charge in [0.05, 0.1) is 0 Å². The van der Waals surface area contributed by atoms with Crippen LogP contribution < -0.4 is 11.1 Å². The zero-order valence-corrected chi connectivity index (χ0v) is 19.3. The van der Waals surface area contributed by atoms with Crippen molar-refractivity contribution < 1.29 is 14.7 Å². The number of nitrogens with two attached hydrogens (primary N) is 1. The van der Waals surface area contributed by atoms with E-state index < -0.39 is 0 Å². The van der Waals surface area contributed by atoms with Gasteiger partial charge >= 0.3 is 0 Å². The Morgan fingerprint density at radius 1 is 0.829 bits per heavy atom. The van der Waals surface area contributed by atoms with E-state index in [1.807, 2.05) is 24.3 Å². The first-order valence-electron chi connectivity index (χ1n) is 12.4. The Kier molecular flexibility index (Phi) is 4.55. The van der Waals surface area contributed by atoms with Crippen molar-refractivity contribution in [3.8, 4) is 0 Å². The van der Waals surface area contributed by atoms with Crippen LogP contribution in [0.15, 0.2) is 59.8 Å². The molecular weight excluding hydrogens is 438 g/mol. The second-order valence-electron chi connectivity index (χ2n) is 10.3. The Morgan fingerprint density at radius 2 is 1.40 bits per heavy atom. The summed E-state index contributed by atoms with van der Waals surface area (Å²) in [5.41, 5.74) is 15.9. The highest BCUT2D eigenvalue weighted by molar-refractivity contribution is 5.97. The first-order chi connectivity index (χ1) is 17.1. The average molecular weight is 466 g/mol. The summed E-state index contributed by atoms with van der Waals surface area (Å²) in [6.45, 7) is 0.395. The Labute approximate surface area is 203 Å². The van der Waals surface area contributed by atoms with E-state index in [0.717, 1.165) is 23.0 Å². The van der Waals surface area contributed by atoms with Crippen molar-refractivity contribution in [3.63, 3.8) is 0 Å². The number of amidine groups is 1. The Morgan fingerprint density at radius 3 is 2.00 bits per heavy atom. The molecule has 0 aromatic heterocycles. The Bertz CT molecular complexity index is 1390. The maximum Gasteiger partial charge on any atom is 0.251 e. The van der Waals surface area contributed by atoms with E-state index in [9.17, 15) is 4.79 Å². The Hall–Kier alpha value is -3.64. The van der Waals surface area contributed by atoms with E-state index in [1.54, 1.807) is 23.3 Å². The molecule has 35 heavy (non-hydrogen) atoms. The van der Waals surface area contributed by atoms with Gasteiger partial charge in [-0.15, -0.1) is 0 Å². The summed E-state index contributed by atoms with van der Waals surface area (Å²) in [7, 11) is 0. The minimum absolute atomic E-state index is 0.0127. The topological polar surface area (TPSA) is 96.9 Å². The third kappa shape index (κ3) is 3.43. The molecule has 176 valence electrons. The monoisotopic (exact) mass is 465 g/mol. The van der Waals surface area contributed by atoms with E-state index in [4.69, 9.17) is 15.7 Å². The molecule has 2 fully saturated rings. The number of carbonyl (C=O) groups is 1. The van der Waals surface area contributed by atoms with Gasteiger partial charge in [0.2, 0.25) is 0 Å². The number of fused-ring (bicyclic) bond motifs is 8. The van der Waals surface area contributed by atoms with Gasteiger partial charge < -0.3 is 21.0 Å². The predicted octanol–water partition coefficient (Wildman–Crippen LogP) is 4.99. The molecule has 2 atom stereocenters. The zero-order chi connectivity index (χ0) is 23.7. The lowest BCUT2D eigenvalue weighted by Crippen LogP contribution is -2.23. The number of nitrogens with zero attached hydrogens (tertiary/aromatic N) is 1. The number of benzene rings is 3. The number of carbonyl (C=O) groups excluding carboxylic acids is 1. The average Bonchev–Trinajstić information content (AvgIpc) is 3.84. The van der Waals surface area contributed by atoms with E-state index in [2.05, 4.69) is 28.7 Å². The molecule has 6 nitrogen and oxygen atoms in total. The van der Waals surface area contributed by atoms with Crippen LogP contribution in [-0.4, -0.2) is 17.0 Å². The molecule has 2 aliphatic heterocycles. The second kappa shape index (κ2) is 7.68. The molecule has 3 aromatic carbocycles. The number of hydrogen-bond acceptors (Lipinski definition) is 4. The lowest BCUT2D eigenvalue weighted by molar-refractivity contribution is 0.0857. The highest BCUT2D eigenvalue weighted by Gasteiger charge is 2.45. The van der Waals surface area contributed by atoms with Gasteiger partial charge in [-0.2, -0.15) is 0 Å². The maximum atomic E-state index is 12.9. The van der Waals surface area contributed by atoms with E-state index in [0.29, 0.717) is 17.7 Å². The fourth-order valence-corrected chi connectivity index (χ4v) is 5.70. The van der Waals surface area contributed by atoms with Gasteiger partial charge in [0.25, 0.3) is 5.91 Å². The van der Waals surface area contributed by atoms with Gasteiger partial charge in [-0.1, -0.05) is 47.6 Å². The van der Waals surface area contributed by atoms with Crippen molar-refractivity contribution in [2.24, 2.45) is 10.9 Å². The van der Waals surface area contributed by atoms with E-state index in [1.165, 1.54) is 42.4 Å². The van der Waals surface area contributed by atoms with Crippen molar-refractivity contribution in [3.05, 3.63) is 105 Å². The molecule has 1 amide bonds. The predicted molar refractivity (Wildman–Crippen MR) is 132 cm³/mol. The fraction of sp³-hybridized carbons (Fsp3) is 0.310. The van der Waals surface area contributed by atoms with Gasteiger partial charge in [0, 0.05) is 17.7 Å². The normalized spacial score (nSPS) is 22.1. The lowest BCUT2D eigenvalue weighted by atomic mass is 9.82. The molecule has 4 N–H and O–H groups in total. The first kappa shape index (κ1) is 20.7. The van der Waals surface area contributed by atoms with Crippen LogP contribution in [0.5, 0.6) is 0 Å². The summed E-state index contributed by atoms with van der Waals surface area (Å²) in [6, 6.07) is 18.1. The molecule has 0 unspecified atom stereocenters. The smallest absolute Gasteiger partial charge is 0.251 e. The summed E-state index contributed by atoms with van der Waals surface area (Å²) in [4.78, 5) is 12.9. The van der Waals surface area contributed by atoms with Crippen LogP contribution in [0.2, 0.25) is 0 Å². The van der Waals surface area contributed by atoms with Gasteiger partial charge in [-0.25, -0.2) is 0 Å². The summed E-state index contributed by atoms with van der Waals surface area (Å²) >= 11 is 0. The van der Waals surface area contributed by atoms with Gasteiger partial charge in [-0.05, 0) is 88.6 Å². The summed E-state index contributed by atoms with van der Waals surface area (Å²) in [6.07, 6.45) is 5.16. The molecule has 2 bridgehead atoms. The summed E-state index contributed by atoms with van der Waals surface area (Å²) < 4.78 is 6.46. The van der Waals surface area contributed by atoms with Crippen molar-refractivity contribution in [1.82, 2.24) is 5.32 Å². The molecule has 2 heterocycles. The van der Waals surface area contributed by atoms with Crippen LogP contribution in [0.3, 0.4) is 0 Å². The molecule has 3 aromatic rings. The van der Waals surface area contributed by atoms with E-state index >= 15 is 0 Å². The second-order valence-corrected chi connectivity index (χ2v) is 10.3. The van der Waals surface area contributed by atoms with Crippen molar-refractivity contribution in [2.75, 3.05) is 0 Å². The molecule has 0 saturated heterocycles. The van der Waals surface area contributed by atoms with Crippen LogP contribution >= 0.6 is 0 Å². The molecule has 2 saturated carbocycles. The highest BCUT2D eigenvalue weighted by Crippen LogP contribution is 2.58. The quantitative estimate of drug-likeness (QED) is 0.207. The minimum Gasteiger partial charge on any atom is -0.409 e. The zero-order valence-electron chi connectivity index (χ0n) is 19.3. The van der Waals surface area contributed by atoms with Gasteiger partial charge in [0.1, 0.15) is 12.2 Å². The number of amides is 1. The highest BCUT2D eigenvalue weighted by atomic mass is 16.5. The first-order valence-corrected chi connectivity index (χ1v) is 12.4. The van der Waals surface area contributed by atoms with Crippen LogP contribution in [0, 0.1) is 0 Å². The Balaban J connectivity index is 1.11. The number of hydrogen-bond donors (Lipinski definition) is 3. The van der Waals surface area contributed by atoms with Gasteiger partial charge in [0.15, 0.2) is 5.84 Å². The fourth-order valence-electron chi connectivity index (χ4n) is 5.70. The van der Waals surface area contributed by atoms with Crippen LogP contribution in [-0.2, 0) is 11.3 Å². The molecular formula is C29H27N3O3. The molecule has 4 aliphatic rings. The number of ether oxygens (including phenoxy) is 1. The van der Waals surface area contributed by atoms with Gasteiger partial charge in [-0.3, -0.25) is 4.79 Å². The standard InChI is InChI=1S/C29H27N3O3/c30-28(32-34)18-3-1-15(2-4-18)14-31-29(33)19-9-10-20-23(11-19)27-25-13-22(17-7-8-17)21(16-5-6-16)12-24(25)26(20)35-27/h1-4,9-13,16-17,26-27,34H,5-8,14H2,(H2,30,32)(H,31,33)/t26-,27+/m1/s1. The molecule has 6 heteroatoms. The van der Waals surface area contributed by atoms with Crippen LogP contribution in [0.1, 0.15) is 105 Å². The lowest BCUT2D eigenvalue weighted by Gasteiger charge is -2.20. The largest absolute Gasteiger partial charge is 0.409 e. The van der Waals surface area contributed by atoms with Crippen molar-refractivity contribution in [2.45, 2.75) is 56.3 Å². The third-order valence-electron chi connectivity index (χ3n) is 7.88.